The topological polar surface area (TPSA) is 189 Å². The molecule has 4 rings (SSSR count). The molecule has 12 heteroatoms. The Morgan fingerprint density at radius 3 is 2.57 bits per heavy atom. The van der Waals surface area contributed by atoms with Crippen molar-refractivity contribution in [1.82, 2.24) is 20.2 Å². The number of hydrogen-bond donors (Lipinski definition) is 5. The third-order valence-electron chi connectivity index (χ3n) is 7.13. The van der Waals surface area contributed by atoms with Crippen LogP contribution >= 0.6 is 0 Å². The minimum Gasteiger partial charge on any atom is -0.445 e. The van der Waals surface area contributed by atoms with Gasteiger partial charge < -0.3 is 31.4 Å². The molecule has 3 aromatic rings. The molecular weight excluding hydrogens is 538 g/mol. The first-order chi connectivity index (χ1) is 20.2. The molecule has 220 valence electrons. The van der Waals surface area contributed by atoms with E-state index in [1.165, 1.54) is 6.20 Å². The van der Waals surface area contributed by atoms with Gasteiger partial charge in [-0.25, -0.2) is 9.59 Å². The molecule has 2 amide bonds. The summed E-state index contributed by atoms with van der Waals surface area (Å²) >= 11 is 0. The van der Waals surface area contributed by atoms with Gasteiger partial charge in [-0.2, -0.15) is 0 Å². The Bertz CT molecular complexity index is 1570. The maximum absolute atomic E-state index is 12.7. The first-order valence-electron chi connectivity index (χ1n) is 13.7. The first-order valence-corrected chi connectivity index (χ1v) is 13.7. The van der Waals surface area contributed by atoms with Crippen LogP contribution in [0.25, 0.3) is 5.57 Å². The summed E-state index contributed by atoms with van der Waals surface area (Å²) < 4.78 is 5.44. The molecule has 1 aliphatic rings. The van der Waals surface area contributed by atoms with E-state index in [0.717, 1.165) is 29.5 Å². The van der Waals surface area contributed by atoms with Crippen molar-refractivity contribution in [2.75, 3.05) is 25.4 Å². The maximum Gasteiger partial charge on any atom is 0.410 e. The third kappa shape index (κ3) is 7.74. The Morgan fingerprint density at radius 2 is 1.86 bits per heavy atom. The number of piperidine rings is 1. The normalized spacial score (nSPS) is 15.0. The van der Waals surface area contributed by atoms with Gasteiger partial charge in [-0.1, -0.05) is 48.5 Å². The first kappa shape index (κ1) is 29.8. The Hall–Kier alpha value is -5.13. The molecule has 0 aliphatic carbocycles. The number of likely N-dealkylation sites (tertiary alicyclic amines) is 1. The summed E-state index contributed by atoms with van der Waals surface area (Å²) in [4.78, 5) is 59.0. The number of carbonyl (C=O) groups is 2. The molecule has 1 saturated heterocycles. The highest BCUT2D eigenvalue weighted by molar-refractivity contribution is 6.09. The molecule has 2 heterocycles. The van der Waals surface area contributed by atoms with E-state index < -0.39 is 23.2 Å². The van der Waals surface area contributed by atoms with Crippen LogP contribution in [0.3, 0.4) is 0 Å². The predicted octanol–water partition coefficient (Wildman–Crippen LogP) is 2.56. The zero-order valence-electron chi connectivity index (χ0n) is 23.3. The fraction of sp³-hybridized carbons (Fsp3) is 0.300. The minimum atomic E-state index is -0.831. The SMILES string of the molecule is C[C@@H](NC(=O)c1[nH]c(=O)[nH]c(=O)c1N)c1cccc(C(C=NCC2CCN(C(=O)OCc3ccccc3)CC2)=CN)c1. The van der Waals surface area contributed by atoms with Crippen LogP contribution in [0.4, 0.5) is 10.5 Å². The van der Waals surface area contributed by atoms with Crippen LogP contribution in [0.2, 0.25) is 0 Å². The molecule has 1 atom stereocenters. The van der Waals surface area contributed by atoms with Crippen LogP contribution in [0.15, 0.2) is 75.4 Å². The molecule has 1 aliphatic heterocycles. The third-order valence-corrected chi connectivity index (χ3v) is 7.13. The summed E-state index contributed by atoms with van der Waals surface area (Å²) in [5.41, 5.74) is 12.5. The highest BCUT2D eigenvalue weighted by Crippen LogP contribution is 2.21. The number of nitrogens with zero attached hydrogens (tertiary/aromatic N) is 2. The fourth-order valence-corrected chi connectivity index (χ4v) is 4.64. The van der Waals surface area contributed by atoms with E-state index in [-0.39, 0.29) is 24.1 Å². The quantitative estimate of drug-likeness (QED) is 0.243. The minimum absolute atomic E-state index is 0.258. The van der Waals surface area contributed by atoms with Gasteiger partial charge in [0.05, 0.1) is 6.04 Å². The van der Waals surface area contributed by atoms with Gasteiger partial charge in [-0.05, 0) is 48.4 Å². The number of hydrogen-bond acceptors (Lipinski definition) is 8. The molecule has 7 N–H and O–H groups in total. The van der Waals surface area contributed by atoms with Crippen molar-refractivity contribution in [3.05, 3.63) is 104 Å². The van der Waals surface area contributed by atoms with Gasteiger partial charge in [0.15, 0.2) is 0 Å². The number of aromatic nitrogens is 2. The summed E-state index contributed by atoms with van der Waals surface area (Å²) in [6, 6.07) is 16.6. The van der Waals surface area contributed by atoms with E-state index in [9.17, 15) is 19.2 Å². The number of nitrogens with two attached hydrogens (primary N) is 2. The summed E-state index contributed by atoms with van der Waals surface area (Å²) in [5, 5.41) is 2.74. The van der Waals surface area contributed by atoms with Crippen LogP contribution in [0.5, 0.6) is 0 Å². The average molecular weight is 574 g/mol. The number of rotatable bonds is 9. The molecule has 0 spiro atoms. The number of nitrogens with one attached hydrogen (secondary N) is 3. The summed E-state index contributed by atoms with van der Waals surface area (Å²) in [7, 11) is 0. The van der Waals surface area contributed by atoms with E-state index in [1.54, 1.807) is 18.0 Å². The van der Waals surface area contributed by atoms with Crippen LogP contribution in [-0.4, -0.2) is 52.7 Å². The van der Waals surface area contributed by atoms with Gasteiger partial charge in [0.2, 0.25) is 0 Å². The lowest BCUT2D eigenvalue weighted by molar-refractivity contribution is 0.0829. The number of aromatic amines is 2. The van der Waals surface area contributed by atoms with E-state index in [4.69, 9.17) is 16.2 Å². The predicted molar refractivity (Wildman–Crippen MR) is 161 cm³/mol. The molecule has 12 nitrogen and oxygen atoms in total. The van der Waals surface area contributed by atoms with Crippen molar-refractivity contribution in [2.45, 2.75) is 32.4 Å². The fourth-order valence-electron chi connectivity index (χ4n) is 4.64. The molecule has 42 heavy (non-hydrogen) atoms. The number of anilines is 1. The number of ether oxygens (including phenoxy) is 1. The van der Waals surface area contributed by atoms with Crippen molar-refractivity contribution < 1.29 is 14.3 Å². The number of aliphatic imine (C=N–C) groups is 1. The molecule has 0 bridgehead atoms. The van der Waals surface area contributed by atoms with Crippen molar-refractivity contribution >= 4 is 29.5 Å². The van der Waals surface area contributed by atoms with Crippen LogP contribution in [0, 0.1) is 5.92 Å². The smallest absolute Gasteiger partial charge is 0.410 e. The summed E-state index contributed by atoms with van der Waals surface area (Å²) in [6.07, 6.45) is 4.56. The monoisotopic (exact) mass is 573 g/mol. The van der Waals surface area contributed by atoms with Crippen molar-refractivity contribution in [3.8, 4) is 0 Å². The van der Waals surface area contributed by atoms with Gasteiger partial charge >= 0.3 is 11.8 Å². The number of amides is 2. The molecular formula is C30H35N7O5. The molecule has 0 radical (unpaired) electrons. The lowest BCUT2D eigenvalue weighted by Gasteiger charge is -2.30. The molecule has 2 aromatic carbocycles. The van der Waals surface area contributed by atoms with Gasteiger partial charge in [0.1, 0.15) is 18.0 Å². The molecule has 0 unspecified atom stereocenters. The van der Waals surface area contributed by atoms with Gasteiger partial charge in [-0.15, -0.1) is 0 Å². The molecule has 1 aromatic heterocycles. The highest BCUT2D eigenvalue weighted by Gasteiger charge is 2.23. The number of benzene rings is 2. The standard InChI is InChI=1S/C30H35N7O5/c1-19(34-28(39)26-25(32)27(38)36-29(40)35-26)22-8-5-9-23(14-22)24(15-31)17-33-16-20-10-12-37(13-11-20)30(41)42-18-21-6-3-2-4-7-21/h2-9,14-15,17,19-20H,10-13,16,18,31-32H2,1H3,(H,34,39)(H2,35,36,38,40)/t19-/m1/s1. The second-order valence-electron chi connectivity index (χ2n) is 10.1. The number of H-pyrrole nitrogens is 2. The van der Waals surface area contributed by atoms with Gasteiger partial charge in [-0.3, -0.25) is 19.6 Å². The van der Waals surface area contributed by atoms with Crippen LogP contribution < -0.4 is 28.0 Å². The number of carbonyl (C=O) groups excluding carboxylic acids is 2. The highest BCUT2D eigenvalue weighted by atomic mass is 16.6. The van der Waals surface area contributed by atoms with Crippen molar-refractivity contribution in [2.24, 2.45) is 16.6 Å². The lowest BCUT2D eigenvalue weighted by atomic mass is 9.97. The van der Waals surface area contributed by atoms with Crippen LogP contribution in [-0.2, 0) is 11.3 Å². The second kappa shape index (κ2) is 14.0. The number of allylic oxidation sites excluding steroid dienone is 1. The zero-order chi connectivity index (χ0) is 30.1. The second-order valence-corrected chi connectivity index (χ2v) is 10.1. The molecule has 1 fully saturated rings. The van der Waals surface area contributed by atoms with E-state index >= 15 is 0 Å². The average Bonchev–Trinajstić information content (AvgIpc) is 3.00. The zero-order valence-corrected chi connectivity index (χ0v) is 23.3. The molecule has 0 saturated carbocycles. The Morgan fingerprint density at radius 1 is 1.12 bits per heavy atom. The Kier molecular flexibility index (Phi) is 9.93. The lowest BCUT2D eigenvalue weighted by Crippen LogP contribution is -2.39. The van der Waals surface area contributed by atoms with Crippen LogP contribution in [0.1, 0.15) is 53.0 Å². The van der Waals surface area contributed by atoms with E-state index in [0.29, 0.717) is 31.1 Å². The Labute approximate surface area is 242 Å². The van der Waals surface area contributed by atoms with Crippen molar-refractivity contribution in [3.63, 3.8) is 0 Å². The van der Waals surface area contributed by atoms with E-state index in [2.05, 4.69) is 15.3 Å². The van der Waals surface area contributed by atoms with Crippen molar-refractivity contribution in [1.29, 1.82) is 0 Å². The number of nitrogen functional groups attached to an aromatic ring is 1. The van der Waals surface area contributed by atoms with Gasteiger partial charge in [0, 0.05) is 37.6 Å². The summed E-state index contributed by atoms with van der Waals surface area (Å²) in [5.74, 6) is -0.343. The maximum atomic E-state index is 12.7. The largest absolute Gasteiger partial charge is 0.445 e. The van der Waals surface area contributed by atoms with Gasteiger partial charge in [0.25, 0.3) is 11.5 Å². The van der Waals surface area contributed by atoms with E-state index in [1.807, 2.05) is 59.6 Å². The Balaban J connectivity index is 1.29. The summed E-state index contributed by atoms with van der Waals surface area (Å²) in [6.45, 7) is 3.87.